The van der Waals surface area contributed by atoms with E-state index in [1.807, 2.05) is 24.3 Å². The van der Waals surface area contributed by atoms with E-state index < -0.39 is 12.1 Å². The second-order valence-electron chi connectivity index (χ2n) is 7.20. The zero-order valence-corrected chi connectivity index (χ0v) is 15.0. The normalized spacial score (nSPS) is 25.7. The quantitative estimate of drug-likeness (QED) is 0.749. The highest BCUT2D eigenvalue weighted by Crippen LogP contribution is 2.41. The number of likely N-dealkylation sites (tertiary alicyclic amines) is 1. The summed E-state index contributed by atoms with van der Waals surface area (Å²) in [5.41, 5.74) is 1.12. The molecular formula is C19H25N3O4. The fourth-order valence-corrected chi connectivity index (χ4v) is 4.17. The van der Waals surface area contributed by atoms with Crippen LogP contribution in [0, 0.1) is 0 Å². The smallest absolute Gasteiger partial charge is 0.248 e. The molecule has 0 aliphatic carbocycles. The number of hydrogen-bond acceptors (Lipinski definition) is 4. The van der Waals surface area contributed by atoms with Crippen LogP contribution in [0.4, 0.5) is 5.69 Å². The Morgan fingerprint density at radius 3 is 2.92 bits per heavy atom. The van der Waals surface area contributed by atoms with E-state index in [9.17, 15) is 19.5 Å². The molecule has 2 aliphatic rings. The van der Waals surface area contributed by atoms with E-state index in [1.54, 1.807) is 4.90 Å². The lowest BCUT2D eigenvalue weighted by molar-refractivity contribution is -0.133. The summed E-state index contributed by atoms with van der Waals surface area (Å²) in [6.45, 7) is 1.75. The summed E-state index contributed by atoms with van der Waals surface area (Å²) in [5.74, 6) is -0.566. The fourth-order valence-electron chi connectivity index (χ4n) is 4.17. The molecule has 7 heteroatoms. The van der Waals surface area contributed by atoms with Crippen LogP contribution in [0.3, 0.4) is 0 Å². The number of nitrogens with one attached hydrogen (secondary N) is 2. The number of aliphatic hydroxyl groups excluding tert-OH is 1. The van der Waals surface area contributed by atoms with Gasteiger partial charge in [-0.05, 0) is 30.5 Å². The highest BCUT2D eigenvalue weighted by Gasteiger charge is 2.49. The molecule has 0 aromatic heterocycles. The molecule has 140 valence electrons. The Bertz CT molecular complexity index is 720. The van der Waals surface area contributed by atoms with Crippen LogP contribution in [0.25, 0.3) is 0 Å². The van der Waals surface area contributed by atoms with Crippen molar-refractivity contribution < 1.29 is 19.5 Å². The van der Waals surface area contributed by atoms with Crippen molar-refractivity contribution >= 4 is 23.4 Å². The lowest BCUT2D eigenvalue weighted by Crippen LogP contribution is -2.53. The summed E-state index contributed by atoms with van der Waals surface area (Å²) in [4.78, 5) is 37.3. The van der Waals surface area contributed by atoms with Gasteiger partial charge in [0.1, 0.15) is 6.61 Å². The molecule has 26 heavy (non-hydrogen) atoms. The number of nitrogens with zero attached hydrogens (tertiary/aromatic N) is 1. The first-order chi connectivity index (χ1) is 12.4. The van der Waals surface area contributed by atoms with Crippen LogP contribution in [0.1, 0.15) is 44.1 Å². The van der Waals surface area contributed by atoms with E-state index in [0.29, 0.717) is 25.2 Å². The molecule has 0 saturated carbocycles. The second kappa shape index (κ2) is 7.45. The number of benzene rings is 1. The van der Waals surface area contributed by atoms with Crippen molar-refractivity contribution in [3.63, 3.8) is 0 Å². The SMILES string of the molecule is CC(=O)Nc1cccc([C@@H]2CN(C(=O)CO)C[C@]23CCCCC(=O)N3)c1. The number of rotatable bonds is 3. The summed E-state index contributed by atoms with van der Waals surface area (Å²) in [6.07, 6.45) is 3.01. The molecule has 0 unspecified atom stereocenters. The number of aliphatic hydroxyl groups is 1. The van der Waals surface area contributed by atoms with E-state index in [-0.39, 0.29) is 23.6 Å². The first-order valence-corrected chi connectivity index (χ1v) is 9.01. The van der Waals surface area contributed by atoms with Gasteiger partial charge in [0, 0.05) is 38.0 Å². The molecule has 3 amide bonds. The molecule has 1 aromatic rings. The Kier molecular flexibility index (Phi) is 5.27. The van der Waals surface area contributed by atoms with Crippen LogP contribution < -0.4 is 10.6 Å². The maximum absolute atomic E-state index is 12.3. The molecule has 3 N–H and O–H groups in total. The maximum atomic E-state index is 12.3. The first-order valence-electron chi connectivity index (χ1n) is 9.01. The number of carbonyl (C=O) groups is 3. The van der Waals surface area contributed by atoms with E-state index in [4.69, 9.17) is 0 Å². The van der Waals surface area contributed by atoms with Gasteiger partial charge in [-0.25, -0.2) is 0 Å². The van der Waals surface area contributed by atoms with Crippen LogP contribution in [0.5, 0.6) is 0 Å². The molecule has 7 nitrogen and oxygen atoms in total. The third-order valence-corrected chi connectivity index (χ3v) is 5.31. The minimum atomic E-state index is -0.539. The molecule has 1 spiro atoms. The summed E-state index contributed by atoms with van der Waals surface area (Å²) >= 11 is 0. The number of carbonyl (C=O) groups excluding carboxylic acids is 3. The van der Waals surface area contributed by atoms with Crippen molar-refractivity contribution in [2.45, 2.75) is 44.1 Å². The average molecular weight is 359 g/mol. The van der Waals surface area contributed by atoms with Crippen LogP contribution in [0.15, 0.2) is 24.3 Å². The van der Waals surface area contributed by atoms with Crippen LogP contribution >= 0.6 is 0 Å². The molecule has 2 atom stereocenters. The summed E-state index contributed by atoms with van der Waals surface area (Å²) in [5, 5.41) is 15.2. The van der Waals surface area contributed by atoms with Gasteiger partial charge in [0.05, 0.1) is 5.54 Å². The average Bonchev–Trinajstić information content (AvgIpc) is 2.86. The van der Waals surface area contributed by atoms with Crippen molar-refractivity contribution in [2.75, 3.05) is 25.0 Å². The lowest BCUT2D eigenvalue weighted by Gasteiger charge is -2.35. The largest absolute Gasteiger partial charge is 0.387 e. The van der Waals surface area contributed by atoms with E-state index in [2.05, 4.69) is 10.6 Å². The van der Waals surface area contributed by atoms with Crippen LogP contribution in [0.2, 0.25) is 0 Å². The van der Waals surface area contributed by atoms with E-state index in [0.717, 1.165) is 24.8 Å². The van der Waals surface area contributed by atoms with Crippen molar-refractivity contribution in [3.05, 3.63) is 29.8 Å². The summed E-state index contributed by atoms with van der Waals surface area (Å²) in [7, 11) is 0. The van der Waals surface area contributed by atoms with Crippen molar-refractivity contribution in [2.24, 2.45) is 0 Å². The zero-order valence-electron chi connectivity index (χ0n) is 15.0. The first kappa shape index (κ1) is 18.4. The molecule has 2 fully saturated rings. The number of hydrogen-bond donors (Lipinski definition) is 3. The highest BCUT2D eigenvalue weighted by atomic mass is 16.3. The molecule has 1 aromatic carbocycles. The fraction of sp³-hybridized carbons (Fsp3) is 0.526. The topological polar surface area (TPSA) is 98.7 Å². The van der Waals surface area contributed by atoms with Gasteiger partial charge in [0.15, 0.2) is 0 Å². The van der Waals surface area contributed by atoms with Crippen molar-refractivity contribution in [1.82, 2.24) is 10.2 Å². The van der Waals surface area contributed by atoms with Crippen molar-refractivity contribution in [1.29, 1.82) is 0 Å². The molecule has 3 rings (SSSR count). The Morgan fingerprint density at radius 2 is 2.19 bits per heavy atom. The Balaban J connectivity index is 1.97. The lowest BCUT2D eigenvalue weighted by atomic mass is 9.79. The third kappa shape index (κ3) is 3.72. The number of amides is 3. The van der Waals surface area contributed by atoms with E-state index >= 15 is 0 Å². The Hall–Kier alpha value is -2.41. The summed E-state index contributed by atoms with van der Waals surface area (Å²) < 4.78 is 0. The standard InChI is InChI=1S/C19H25N3O4/c1-13(24)20-15-6-4-5-14(9-15)16-10-22(18(26)11-23)12-19(16)8-3-2-7-17(25)21-19/h4-6,9,16,23H,2-3,7-8,10-12H2,1H3,(H,20,24)(H,21,25)/t16-,19+/m0/s1. The Morgan fingerprint density at radius 1 is 1.38 bits per heavy atom. The van der Waals surface area contributed by atoms with Gasteiger partial charge in [0.2, 0.25) is 17.7 Å². The molecule has 0 radical (unpaired) electrons. The molecule has 2 heterocycles. The minimum Gasteiger partial charge on any atom is -0.387 e. The van der Waals surface area contributed by atoms with Gasteiger partial charge in [-0.3, -0.25) is 14.4 Å². The van der Waals surface area contributed by atoms with Crippen LogP contribution in [-0.4, -0.2) is 53.0 Å². The minimum absolute atomic E-state index is 0.00353. The van der Waals surface area contributed by atoms with Gasteiger partial charge < -0.3 is 20.6 Å². The predicted molar refractivity (Wildman–Crippen MR) is 96.5 cm³/mol. The monoisotopic (exact) mass is 359 g/mol. The highest BCUT2D eigenvalue weighted by molar-refractivity contribution is 5.88. The van der Waals surface area contributed by atoms with Gasteiger partial charge in [-0.2, -0.15) is 0 Å². The molecular weight excluding hydrogens is 334 g/mol. The number of anilines is 1. The van der Waals surface area contributed by atoms with Gasteiger partial charge in [0.25, 0.3) is 0 Å². The maximum Gasteiger partial charge on any atom is 0.248 e. The molecule has 2 aliphatic heterocycles. The van der Waals surface area contributed by atoms with Crippen LogP contribution in [-0.2, 0) is 14.4 Å². The molecule has 0 bridgehead atoms. The van der Waals surface area contributed by atoms with E-state index in [1.165, 1.54) is 6.92 Å². The zero-order chi connectivity index (χ0) is 18.7. The van der Waals surface area contributed by atoms with Crippen molar-refractivity contribution in [3.8, 4) is 0 Å². The summed E-state index contributed by atoms with van der Waals surface area (Å²) in [6, 6.07) is 7.54. The Labute approximate surface area is 152 Å². The van der Waals surface area contributed by atoms with Gasteiger partial charge in [-0.1, -0.05) is 18.6 Å². The van der Waals surface area contributed by atoms with Gasteiger partial charge in [-0.15, -0.1) is 0 Å². The van der Waals surface area contributed by atoms with Gasteiger partial charge >= 0.3 is 0 Å². The predicted octanol–water partition coefficient (Wildman–Crippen LogP) is 0.992. The second-order valence-corrected chi connectivity index (χ2v) is 7.20. The molecule has 2 saturated heterocycles. The third-order valence-electron chi connectivity index (χ3n) is 5.31.